The Morgan fingerprint density at radius 1 is 1.19 bits per heavy atom. The molecule has 0 saturated carbocycles. The van der Waals surface area contributed by atoms with E-state index < -0.39 is 0 Å². The van der Waals surface area contributed by atoms with E-state index in [4.69, 9.17) is 28.5 Å². The summed E-state index contributed by atoms with van der Waals surface area (Å²) in [7, 11) is 0. The summed E-state index contributed by atoms with van der Waals surface area (Å²) in [6, 6.07) is 13.8. The standard InChI is InChI=1S/C19H14Cl2N4OS/c1-2-25-18(15-8-7-14(20)9-16(15)21)23-24-19(25)27-11-17(26)13-5-3-12(10-22)4-6-13/h3-9H,2,11H2,1H3. The van der Waals surface area contributed by atoms with E-state index in [0.717, 1.165) is 5.56 Å². The topological polar surface area (TPSA) is 71.6 Å². The summed E-state index contributed by atoms with van der Waals surface area (Å²) in [5, 5.41) is 19.0. The van der Waals surface area contributed by atoms with Crippen molar-refractivity contribution in [1.82, 2.24) is 14.8 Å². The van der Waals surface area contributed by atoms with Crippen LogP contribution >= 0.6 is 35.0 Å². The summed E-state index contributed by atoms with van der Waals surface area (Å²) in [6.45, 7) is 2.61. The van der Waals surface area contributed by atoms with Crippen molar-refractivity contribution in [3.8, 4) is 17.5 Å². The summed E-state index contributed by atoms with van der Waals surface area (Å²) in [5.74, 6) is 0.812. The summed E-state index contributed by atoms with van der Waals surface area (Å²) < 4.78 is 1.91. The van der Waals surface area contributed by atoms with E-state index in [1.165, 1.54) is 11.8 Å². The maximum absolute atomic E-state index is 12.4. The lowest BCUT2D eigenvalue weighted by atomic mass is 10.1. The number of thioether (sulfide) groups is 1. The lowest BCUT2D eigenvalue weighted by Gasteiger charge is -2.08. The first-order valence-corrected chi connectivity index (χ1v) is 9.82. The van der Waals surface area contributed by atoms with Crippen LogP contribution in [0.2, 0.25) is 10.0 Å². The highest BCUT2D eigenvalue weighted by Gasteiger charge is 2.17. The van der Waals surface area contributed by atoms with Crippen LogP contribution in [0.1, 0.15) is 22.8 Å². The van der Waals surface area contributed by atoms with Crippen LogP contribution < -0.4 is 0 Å². The molecule has 27 heavy (non-hydrogen) atoms. The molecule has 0 radical (unpaired) electrons. The molecule has 0 amide bonds. The fraction of sp³-hybridized carbons (Fsp3) is 0.158. The number of hydrogen-bond acceptors (Lipinski definition) is 5. The molecule has 1 heterocycles. The van der Waals surface area contributed by atoms with Crippen LogP contribution in [0.4, 0.5) is 0 Å². The molecule has 3 aromatic rings. The normalized spacial score (nSPS) is 10.6. The third-order valence-corrected chi connectivity index (χ3v) is 5.39. The number of hydrogen-bond donors (Lipinski definition) is 0. The van der Waals surface area contributed by atoms with Crippen molar-refractivity contribution in [2.24, 2.45) is 0 Å². The van der Waals surface area contributed by atoms with Crippen LogP contribution in [0.15, 0.2) is 47.6 Å². The number of nitrogens with zero attached hydrogens (tertiary/aromatic N) is 4. The minimum Gasteiger partial charge on any atom is -0.302 e. The van der Waals surface area contributed by atoms with E-state index >= 15 is 0 Å². The summed E-state index contributed by atoms with van der Waals surface area (Å²) in [4.78, 5) is 12.4. The zero-order valence-electron chi connectivity index (χ0n) is 14.3. The van der Waals surface area contributed by atoms with Gasteiger partial charge in [-0.05, 0) is 37.3 Å². The molecule has 0 aliphatic carbocycles. The average molecular weight is 417 g/mol. The molecule has 0 bridgehead atoms. The Labute approximate surface area is 170 Å². The smallest absolute Gasteiger partial charge is 0.191 e. The Kier molecular flexibility index (Phi) is 6.17. The number of carbonyl (C=O) groups is 1. The second kappa shape index (κ2) is 8.57. The molecule has 1 aromatic heterocycles. The summed E-state index contributed by atoms with van der Waals surface area (Å²) in [5.41, 5.74) is 1.82. The molecule has 0 saturated heterocycles. The largest absolute Gasteiger partial charge is 0.302 e. The monoisotopic (exact) mass is 416 g/mol. The second-order valence-corrected chi connectivity index (χ2v) is 7.36. The van der Waals surface area contributed by atoms with Gasteiger partial charge in [0.25, 0.3) is 0 Å². The third-order valence-electron chi connectivity index (χ3n) is 3.87. The van der Waals surface area contributed by atoms with Gasteiger partial charge in [-0.15, -0.1) is 10.2 Å². The number of rotatable bonds is 6. The van der Waals surface area contributed by atoms with Gasteiger partial charge in [0.15, 0.2) is 16.8 Å². The highest BCUT2D eigenvalue weighted by atomic mass is 35.5. The molecule has 0 unspecified atom stereocenters. The Hall–Kier alpha value is -2.33. The molecule has 0 atom stereocenters. The van der Waals surface area contributed by atoms with Gasteiger partial charge in [0.2, 0.25) is 0 Å². The minimum absolute atomic E-state index is 0.0405. The number of aromatic nitrogens is 3. The Bertz CT molecular complexity index is 1030. The average Bonchev–Trinajstić information content (AvgIpc) is 3.08. The first-order valence-electron chi connectivity index (χ1n) is 8.08. The highest BCUT2D eigenvalue weighted by Crippen LogP contribution is 2.31. The highest BCUT2D eigenvalue weighted by molar-refractivity contribution is 7.99. The van der Waals surface area contributed by atoms with Crippen LogP contribution in [0.5, 0.6) is 0 Å². The predicted octanol–water partition coefficient (Wildman–Crippen LogP) is 5.12. The van der Waals surface area contributed by atoms with Crippen molar-refractivity contribution in [3.63, 3.8) is 0 Å². The van der Waals surface area contributed by atoms with Crippen LogP contribution in [0.3, 0.4) is 0 Å². The zero-order valence-corrected chi connectivity index (χ0v) is 16.6. The van der Waals surface area contributed by atoms with Crippen molar-refractivity contribution in [2.45, 2.75) is 18.6 Å². The lowest BCUT2D eigenvalue weighted by Crippen LogP contribution is -2.05. The number of nitriles is 1. The van der Waals surface area contributed by atoms with Gasteiger partial charge < -0.3 is 4.57 Å². The van der Waals surface area contributed by atoms with E-state index in [1.54, 1.807) is 42.5 Å². The van der Waals surface area contributed by atoms with Crippen molar-refractivity contribution in [3.05, 3.63) is 63.6 Å². The third kappa shape index (κ3) is 4.33. The number of carbonyl (C=O) groups excluding carboxylic acids is 1. The fourth-order valence-corrected chi connectivity index (χ4v) is 3.88. The number of benzene rings is 2. The number of ketones is 1. The number of Topliss-reactive ketones (excluding diaryl/α,β-unsaturated/α-hetero) is 1. The Balaban J connectivity index is 1.78. The predicted molar refractivity (Wildman–Crippen MR) is 107 cm³/mol. The first kappa shape index (κ1) is 19.4. The maximum atomic E-state index is 12.4. The van der Waals surface area contributed by atoms with Crippen molar-refractivity contribution < 1.29 is 4.79 Å². The van der Waals surface area contributed by atoms with Gasteiger partial charge in [0, 0.05) is 22.7 Å². The minimum atomic E-state index is -0.0405. The van der Waals surface area contributed by atoms with Gasteiger partial charge in [-0.1, -0.05) is 47.1 Å². The van der Waals surface area contributed by atoms with E-state index in [-0.39, 0.29) is 11.5 Å². The van der Waals surface area contributed by atoms with Crippen LogP contribution in [0.25, 0.3) is 11.4 Å². The second-order valence-electron chi connectivity index (χ2n) is 5.58. The van der Waals surface area contributed by atoms with Crippen LogP contribution in [-0.2, 0) is 6.54 Å². The van der Waals surface area contributed by atoms with Gasteiger partial charge in [0.1, 0.15) is 0 Å². The number of halogens is 2. The fourth-order valence-electron chi connectivity index (χ4n) is 2.49. The molecule has 0 fully saturated rings. The van der Waals surface area contributed by atoms with Gasteiger partial charge in [-0.2, -0.15) is 5.26 Å². The molecule has 3 rings (SSSR count). The van der Waals surface area contributed by atoms with Gasteiger partial charge in [-0.3, -0.25) is 4.79 Å². The van der Waals surface area contributed by atoms with E-state index in [1.807, 2.05) is 17.6 Å². The molecule has 0 spiro atoms. The zero-order chi connectivity index (χ0) is 19.4. The maximum Gasteiger partial charge on any atom is 0.191 e. The Morgan fingerprint density at radius 2 is 1.93 bits per heavy atom. The van der Waals surface area contributed by atoms with Crippen molar-refractivity contribution in [1.29, 1.82) is 5.26 Å². The summed E-state index contributed by atoms with van der Waals surface area (Å²) >= 11 is 13.6. The van der Waals surface area contributed by atoms with Crippen molar-refractivity contribution >= 4 is 40.7 Å². The van der Waals surface area contributed by atoms with E-state index in [2.05, 4.69) is 10.2 Å². The SMILES string of the molecule is CCn1c(SCC(=O)c2ccc(C#N)cc2)nnc1-c1ccc(Cl)cc1Cl. The first-order chi connectivity index (χ1) is 13.0. The van der Waals surface area contributed by atoms with Crippen LogP contribution in [0, 0.1) is 11.3 Å². The molecule has 0 aliphatic rings. The molecule has 8 heteroatoms. The summed E-state index contributed by atoms with van der Waals surface area (Å²) in [6.07, 6.45) is 0. The lowest BCUT2D eigenvalue weighted by molar-refractivity contribution is 0.102. The molecule has 0 aliphatic heterocycles. The molecular weight excluding hydrogens is 403 g/mol. The molecule has 2 aromatic carbocycles. The molecule has 136 valence electrons. The van der Waals surface area contributed by atoms with Gasteiger partial charge in [0.05, 0.1) is 22.4 Å². The molecule has 0 N–H and O–H groups in total. The van der Waals surface area contributed by atoms with Crippen LogP contribution in [-0.4, -0.2) is 26.3 Å². The van der Waals surface area contributed by atoms with Gasteiger partial charge >= 0.3 is 0 Å². The van der Waals surface area contributed by atoms with Crippen molar-refractivity contribution in [2.75, 3.05) is 5.75 Å². The van der Waals surface area contributed by atoms with E-state index in [9.17, 15) is 4.79 Å². The Morgan fingerprint density at radius 3 is 2.56 bits per heavy atom. The van der Waals surface area contributed by atoms with Gasteiger partial charge in [-0.25, -0.2) is 0 Å². The van der Waals surface area contributed by atoms with E-state index in [0.29, 0.717) is 38.7 Å². The quantitative estimate of drug-likeness (QED) is 0.411. The molecular formula is C19H14Cl2N4OS. The molecule has 5 nitrogen and oxygen atoms in total.